The largest absolute Gasteiger partial charge is 0.460 e. The van der Waals surface area contributed by atoms with Crippen molar-refractivity contribution in [2.45, 2.75) is 90.5 Å². The van der Waals surface area contributed by atoms with Gasteiger partial charge in [0.15, 0.2) is 5.96 Å². The number of guanidine groups is 1. The van der Waals surface area contributed by atoms with E-state index in [0.29, 0.717) is 25.7 Å². The van der Waals surface area contributed by atoms with E-state index in [1.807, 2.05) is 41.5 Å². The number of nitrogens with one attached hydrogen (secondary N) is 1. The molecule has 1 amide bonds. The molecule has 8 nitrogen and oxygen atoms in total. The fourth-order valence-corrected chi connectivity index (χ4v) is 4.24. The Morgan fingerprint density at radius 3 is 2.20 bits per heavy atom. The van der Waals surface area contributed by atoms with Crippen LogP contribution in [-0.4, -0.2) is 77.3 Å². The summed E-state index contributed by atoms with van der Waals surface area (Å²) >= 11 is 0. The Labute approximate surface area is 180 Å². The van der Waals surface area contributed by atoms with Crippen LogP contribution in [0.5, 0.6) is 0 Å². The van der Waals surface area contributed by atoms with Gasteiger partial charge in [-0.25, -0.2) is 4.79 Å². The molecule has 1 saturated heterocycles. The van der Waals surface area contributed by atoms with Crippen molar-refractivity contribution < 1.29 is 19.1 Å². The molecule has 170 valence electrons. The summed E-state index contributed by atoms with van der Waals surface area (Å²) in [6.45, 7) is 14.1. The molecule has 0 bridgehead atoms. The molecule has 3 rings (SSSR count). The molecule has 8 heteroatoms. The number of aliphatic imine (C=N–C) groups is 1. The summed E-state index contributed by atoms with van der Waals surface area (Å²) in [6.07, 6.45) is 3.31. The zero-order chi connectivity index (χ0) is 22.1. The van der Waals surface area contributed by atoms with Crippen LogP contribution in [0.4, 0.5) is 4.79 Å². The Balaban J connectivity index is 1.44. The van der Waals surface area contributed by atoms with Gasteiger partial charge in [-0.3, -0.25) is 9.79 Å². The van der Waals surface area contributed by atoms with Crippen LogP contribution < -0.4 is 5.32 Å². The zero-order valence-electron chi connectivity index (χ0n) is 19.4. The fourth-order valence-electron chi connectivity index (χ4n) is 4.24. The number of ether oxygens (including phenoxy) is 2. The highest BCUT2D eigenvalue weighted by Gasteiger charge is 2.38. The van der Waals surface area contributed by atoms with Crippen LogP contribution in [0.15, 0.2) is 4.99 Å². The molecule has 1 aliphatic carbocycles. The SMILES string of the molecule is CC(C)(C)OC(=O)C1CCC(NC2=NCC3CN(C(=O)OC(C)(C)C)CCN23)CC1. The first-order chi connectivity index (χ1) is 13.9. The van der Waals surface area contributed by atoms with Crippen molar-refractivity contribution in [2.24, 2.45) is 10.9 Å². The van der Waals surface area contributed by atoms with Gasteiger partial charge in [0.05, 0.1) is 18.5 Å². The van der Waals surface area contributed by atoms with Gasteiger partial charge in [0.1, 0.15) is 11.2 Å². The number of rotatable bonds is 2. The maximum Gasteiger partial charge on any atom is 0.410 e. The van der Waals surface area contributed by atoms with Gasteiger partial charge in [-0.2, -0.15) is 0 Å². The van der Waals surface area contributed by atoms with Crippen LogP contribution in [0.25, 0.3) is 0 Å². The highest BCUT2D eigenvalue weighted by atomic mass is 16.6. The molecule has 1 atom stereocenters. The van der Waals surface area contributed by atoms with Crippen LogP contribution in [0.2, 0.25) is 0 Å². The third-order valence-electron chi connectivity index (χ3n) is 5.66. The van der Waals surface area contributed by atoms with Crippen LogP contribution in [-0.2, 0) is 14.3 Å². The van der Waals surface area contributed by atoms with Crippen LogP contribution in [0.3, 0.4) is 0 Å². The molecule has 2 fully saturated rings. The minimum Gasteiger partial charge on any atom is -0.460 e. The van der Waals surface area contributed by atoms with Crippen molar-refractivity contribution in [2.75, 3.05) is 26.2 Å². The molecule has 3 aliphatic rings. The van der Waals surface area contributed by atoms with Crippen molar-refractivity contribution in [1.29, 1.82) is 0 Å². The van der Waals surface area contributed by atoms with E-state index in [-0.39, 0.29) is 24.0 Å². The maximum absolute atomic E-state index is 12.4. The second-order valence-corrected chi connectivity index (χ2v) is 10.7. The monoisotopic (exact) mass is 422 g/mol. The van der Waals surface area contributed by atoms with E-state index < -0.39 is 11.2 Å². The highest BCUT2D eigenvalue weighted by molar-refractivity contribution is 5.83. The summed E-state index contributed by atoms with van der Waals surface area (Å²) < 4.78 is 11.1. The van der Waals surface area contributed by atoms with E-state index >= 15 is 0 Å². The summed E-state index contributed by atoms with van der Waals surface area (Å²) in [5.74, 6) is 0.861. The number of nitrogens with zero attached hydrogens (tertiary/aromatic N) is 3. The van der Waals surface area contributed by atoms with Gasteiger partial charge in [-0.15, -0.1) is 0 Å². The number of fused-ring (bicyclic) bond motifs is 1. The first-order valence-corrected chi connectivity index (χ1v) is 11.2. The molecular weight excluding hydrogens is 384 g/mol. The number of amides is 1. The van der Waals surface area contributed by atoms with E-state index in [0.717, 1.165) is 38.2 Å². The lowest BCUT2D eigenvalue weighted by atomic mass is 9.86. The van der Waals surface area contributed by atoms with E-state index in [2.05, 4.69) is 10.2 Å². The van der Waals surface area contributed by atoms with Gasteiger partial charge in [0.2, 0.25) is 0 Å². The summed E-state index contributed by atoms with van der Waals surface area (Å²) in [5, 5.41) is 3.60. The quantitative estimate of drug-likeness (QED) is 0.689. The molecule has 1 unspecified atom stereocenters. The van der Waals surface area contributed by atoms with Gasteiger partial charge in [0, 0.05) is 25.7 Å². The average molecular weight is 423 g/mol. The van der Waals surface area contributed by atoms with E-state index in [9.17, 15) is 9.59 Å². The van der Waals surface area contributed by atoms with Crippen molar-refractivity contribution in [1.82, 2.24) is 15.1 Å². The van der Waals surface area contributed by atoms with Crippen molar-refractivity contribution in [3.05, 3.63) is 0 Å². The van der Waals surface area contributed by atoms with Gasteiger partial charge in [-0.05, 0) is 67.2 Å². The lowest BCUT2D eigenvalue weighted by Crippen LogP contribution is -2.58. The second kappa shape index (κ2) is 8.63. The standard InChI is InChI=1S/C22H38N4O4/c1-21(2,3)29-18(27)15-7-9-16(10-8-15)24-19-23-13-17-14-25(11-12-26(17)19)20(28)30-22(4,5)6/h15-17H,7-14H2,1-6H3,(H,23,24). The third kappa shape index (κ3) is 6.01. The normalized spacial score (nSPS) is 27.3. The average Bonchev–Trinajstić information content (AvgIpc) is 3.01. The number of esters is 1. The molecule has 0 spiro atoms. The predicted molar refractivity (Wildman–Crippen MR) is 115 cm³/mol. The van der Waals surface area contributed by atoms with E-state index in [4.69, 9.17) is 14.5 Å². The Morgan fingerprint density at radius 1 is 0.967 bits per heavy atom. The van der Waals surface area contributed by atoms with Gasteiger partial charge >= 0.3 is 12.1 Å². The molecule has 0 aromatic carbocycles. The molecule has 0 aromatic rings. The van der Waals surface area contributed by atoms with Crippen LogP contribution in [0.1, 0.15) is 67.2 Å². The van der Waals surface area contributed by atoms with Crippen molar-refractivity contribution >= 4 is 18.0 Å². The minimum atomic E-state index is -0.481. The number of hydrogen-bond donors (Lipinski definition) is 1. The lowest BCUT2D eigenvalue weighted by molar-refractivity contribution is -0.161. The zero-order valence-corrected chi connectivity index (χ0v) is 19.4. The van der Waals surface area contributed by atoms with Crippen molar-refractivity contribution in [3.63, 3.8) is 0 Å². The van der Waals surface area contributed by atoms with Crippen LogP contribution >= 0.6 is 0 Å². The Kier molecular flexibility index (Phi) is 6.53. The Morgan fingerprint density at radius 2 is 1.60 bits per heavy atom. The topological polar surface area (TPSA) is 83.5 Å². The van der Waals surface area contributed by atoms with Gasteiger partial charge < -0.3 is 24.6 Å². The molecule has 2 aliphatic heterocycles. The number of hydrogen-bond acceptors (Lipinski definition) is 7. The summed E-state index contributed by atoms with van der Waals surface area (Å²) in [4.78, 5) is 33.4. The van der Waals surface area contributed by atoms with Crippen molar-refractivity contribution in [3.8, 4) is 0 Å². The van der Waals surface area contributed by atoms with Crippen LogP contribution in [0, 0.1) is 5.92 Å². The highest BCUT2D eigenvalue weighted by Crippen LogP contribution is 2.28. The summed E-state index contributed by atoms with van der Waals surface area (Å²) in [5.41, 5.74) is -0.910. The third-order valence-corrected chi connectivity index (χ3v) is 5.66. The molecule has 0 radical (unpaired) electrons. The number of carbonyl (C=O) groups excluding carboxylic acids is 2. The van der Waals surface area contributed by atoms with E-state index in [1.54, 1.807) is 4.90 Å². The van der Waals surface area contributed by atoms with E-state index in [1.165, 1.54) is 0 Å². The lowest BCUT2D eigenvalue weighted by Gasteiger charge is -2.40. The molecular formula is C22H38N4O4. The summed E-state index contributed by atoms with van der Waals surface area (Å²) in [7, 11) is 0. The first kappa shape index (κ1) is 22.7. The Bertz CT molecular complexity index is 672. The van der Waals surface area contributed by atoms with Gasteiger partial charge in [-0.1, -0.05) is 0 Å². The van der Waals surface area contributed by atoms with Gasteiger partial charge in [0.25, 0.3) is 0 Å². The fraction of sp³-hybridized carbons (Fsp3) is 0.864. The molecule has 1 saturated carbocycles. The molecule has 0 aromatic heterocycles. The number of carbonyl (C=O) groups is 2. The minimum absolute atomic E-state index is 0.00193. The summed E-state index contributed by atoms with van der Waals surface area (Å²) in [6, 6.07) is 0.525. The second-order valence-electron chi connectivity index (χ2n) is 10.7. The predicted octanol–water partition coefficient (Wildman–Crippen LogP) is 2.77. The first-order valence-electron chi connectivity index (χ1n) is 11.2. The smallest absolute Gasteiger partial charge is 0.410 e. The molecule has 30 heavy (non-hydrogen) atoms. The maximum atomic E-state index is 12.4. The molecule has 1 N–H and O–H groups in total. The number of piperazine rings is 1. The Hall–Kier alpha value is -1.99. The molecule has 2 heterocycles.